The van der Waals surface area contributed by atoms with Crippen LogP contribution in [-0.2, 0) is 9.47 Å². The summed E-state index contributed by atoms with van der Waals surface area (Å²) in [5, 5.41) is 9.38. The first-order valence-corrected chi connectivity index (χ1v) is 6.39. The van der Waals surface area contributed by atoms with Crippen molar-refractivity contribution in [3.05, 3.63) is 22.8 Å². The Bertz CT molecular complexity index is 434. The van der Waals surface area contributed by atoms with Crippen LogP contribution >= 0.6 is 11.6 Å². The summed E-state index contributed by atoms with van der Waals surface area (Å²) in [5.74, 6) is 0.619. The molecule has 5 nitrogen and oxygen atoms in total. The molecule has 0 saturated heterocycles. The summed E-state index contributed by atoms with van der Waals surface area (Å²) in [7, 11) is 3.31. The third kappa shape index (κ3) is 4.67. The maximum Gasteiger partial charge on any atom is 0.148 e. The summed E-state index contributed by atoms with van der Waals surface area (Å²) in [6, 6.07) is 3.67. The van der Waals surface area contributed by atoms with E-state index in [0.29, 0.717) is 36.2 Å². The van der Waals surface area contributed by atoms with E-state index in [1.165, 1.54) is 0 Å². The Morgan fingerprint density at radius 2 is 2.05 bits per heavy atom. The molecular formula is C13H18ClN3O2. The first-order chi connectivity index (χ1) is 9.24. The molecule has 0 radical (unpaired) electrons. The highest BCUT2D eigenvalue weighted by Crippen LogP contribution is 2.26. The lowest BCUT2D eigenvalue weighted by molar-refractivity contribution is 0.191. The van der Waals surface area contributed by atoms with Crippen LogP contribution in [-0.4, -0.2) is 45.5 Å². The number of anilines is 1. The molecule has 19 heavy (non-hydrogen) atoms. The summed E-state index contributed by atoms with van der Waals surface area (Å²) in [5.41, 5.74) is 0.431. The molecule has 0 unspecified atom stereocenters. The van der Waals surface area contributed by atoms with Gasteiger partial charge in [0.2, 0.25) is 0 Å². The average Bonchev–Trinajstić information content (AvgIpc) is 2.43. The minimum Gasteiger partial charge on any atom is -0.385 e. The van der Waals surface area contributed by atoms with Crippen LogP contribution in [0.25, 0.3) is 0 Å². The number of aromatic nitrogens is 1. The predicted molar refractivity (Wildman–Crippen MR) is 74.5 cm³/mol. The molecule has 0 aliphatic heterocycles. The fraction of sp³-hybridized carbons (Fsp3) is 0.538. The maximum absolute atomic E-state index is 8.99. The topological polar surface area (TPSA) is 58.4 Å². The highest BCUT2D eigenvalue weighted by molar-refractivity contribution is 6.34. The van der Waals surface area contributed by atoms with Gasteiger partial charge in [-0.05, 0) is 12.5 Å². The van der Waals surface area contributed by atoms with Crippen molar-refractivity contribution >= 4 is 17.4 Å². The summed E-state index contributed by atoms with van der Waals surface area (Å²) in [6.45, 7) is 2.65. The van der Waals surface area contributed by atoms with Gasteiger partial charge in [-0.25, -0.2) is 4.98 Å². The number of hydrogen-bond donors (Lipinski definition) is 0. The second-order valence-electron chi connectivity index (χ2n) is 3.93. The number of rotatable bonds is 8. The Kier molecular flexibility index (Phi) is 7.19. The lowest BCUT2D eigenvalue weighted by Crippen LogP contribution is -2.30. The van der Waals surface area contributed by atoms with Gasteiger partial charge < -0.3 is 14.4 Å². The molecule has 0 saturated carbocycles. The van der Waals surface area contributed by atoms with Crippen LogP contribution in [0, 0.1) is 11.3 Å². The third-order valence-corrected chi connectivity index (χ3v) is 3.01. The molecule has 0 spiro atoms. The Morgan fingerprint density at radius 3 is 2.68 bits per heavy atom. The predicted octanol–water partition coefficient (Wildman–Crippen LogP) is 2.10. The van der Waals surface area contributed by atoms with E-state index >= 15 is 0 Å². The minimum absolute atomic E-state index is 0.388. The molecule has 0 aliphatic carbocycles. The lowest BCUT2D eigenvalue weighted by Gasteiger charge is -2.24. The van der Waals surface area contributed by atoms with Gasteiger partial charge in [0.1, 0.15) is 16.9 Å². The van der Waals surface area contributed by atoms with Gasteiger partial charge in [0, 0.05) is 40.1 Å². The molecule has 1 rings (SSSR count). The molecule has 104 valence electrons. The molecule has 0 N–H and O–H groups in total. The molecule has 1 aromatic heterocycles. The van der Waals surface area contributed by atoms with E-state index in [1.54, 1.807) is 26.5 Å². The number of nitriles is 1. The highest BCUT2D eigenvalue weighted by atomic mass is 35.5. The Balaban J connectivity index is 2.86. The van der Waals surface area contributed by atoms with E-state index in [0.717, 1.165) is 13.0 Å². The summed E-state index contributed by atoms with van der Waals surface area (Å²) in [6.07, 6.45) is 2.45. The average molecular weight is 284 g/mol. The van der Waals surface area contributed by atoms with E-state index in [1.807, 2.05) is 4.90 Å². The van der Waals surface area contributed by atoms with Crippen LogP contribution in [0.5, 0.6) is 0 Å². The fourth-order valence-corrected chi connectivity index (χ4v) is 1.94. The van der Waals surface area contributed by atoms with Crippen LogP contribution in [0.1, 0.15) is 12.0 Å². The second kappa shape index (κ2) is 8.70. The smallest absolute Gasteiger partial charge is 0.148 e. The first kappa shape index (κ1) is 15.7. The van der Waals surface area contributed by atoms with Gasteiger partial charge in [-0.2, -0.15) is 5.26 Å². The van der Waals surface area contributed by atoms with Gasteiger partial charge in [0.25, 0.3) is 0 Å². The third-order valence-electron chi connectivity index (χ3n) is 2.63. The van der Waals surface area contributed by atoms with Crippen LogP contribution in [0.15, 0.2) is 12.3 Å². The minimum atomic E-state index is 0.388. The van der Waals surface area contributed by atoms with E-state index in [2.05, 4.69) is 11.1 Å². The fourth-order valence-electron chi connectivity index (χ4n) is 1.66. The van der Waals surface area contributed by atoms with Crippen LogP contribution in [0.4, 0.5) is 5.82 Å². The van der Waals surface area contributed by atoms with Gasteiger partial charge in [0.15, 0.2) is 0 Å². The number of ether oxygens (including phenoxy) is 2. The van der Waals surface area contributed by atoms with E-state index in [9.17, 15) is 0 Å². The Labute approximate surface area is 118 Å². The van der Waals surface area contributed by atoms with Crippen LogP contribution < -0.4 is 4.90 Å². The zero-order chi connectivity index (χ0) is 14.1. The molecule has 0 fully saturated rings. The van der Waals surface area contributed by atoms with Crippen molar-refractivity contribution in [1.29, 1.82) is 5.26 Å². The molecule has 0 aromatic carbocycles. The Hall–Kier alpha value is -1.35. The highest BCUT2D eigenvalue weighted by Gasteiger charge is 2.14. The van der Waals surface area contributed by atoms with Crippen molar-refractivity contribution < 1.29 is 9.47 Å². The molecule has 0 amide bonds. The van der Waals surface area contributed by atoms with Gasteiger partial charge in [-0.3, -0.25) is 0 Å². The van der Waals surface area contributed by atoms with Crippen molar-refractivity contribution in [2.75, 3.05) is 45.4 Å². The number of nitrogens with zero attached hydrogens (tertiary/aromatic N) is 3. The molecule has 1 heterocycles. The molecule has 0 aliphatic rings. The van der Waals surface area contributed by atoms with Crippen LogP contribution in [0.2, 0.25) is 5.02 Å². The van der Waals surface area contributed by atoms with Gasteiger partial charge in [-0.15, -0.1) is 0 Å². The number of halogens is 1. The van der Waals surface area contributed by atoms with Gasteiger partial charge in [-0.1, -0.05) is 11.6 Å². The van der Waals surface area contributed by atoms with Crippen molar-refractivity contribution in [3.63, 3.8) is 0 Å². The van der Waals surface area contributed by atoms with E-state index in [-0.39, 0.29) is 0 Å². The molecular weight excluding hydrogens is 266 g/mol. The number of hydrogen-bond acceptors (Lipinski definition) is 5. The zero-order valence-electron chi connectivity index (χ0n) is 11.2. The molecule has 6 heteroatoms. The van der Waals surface area contributed by atoms with E-state index < -0.39 is 0 Å². The lowest BCUT2D eigenvalue weighted by atomic mass is 10.2. The SMILES string of the molecule is COCCCN(CCOC)c1nccc(C#N)c1Cl. The van der Waals surface area contributed by atoms with Crippen molar-refractivity contribution in [3.8, 4) is 6.07 Å². The summed E-state index contributed by atoms with van der Waals surface area (Å²) < 4.78 is 10.1. The largest absolute Gasteiger partial charge is 0.385 e. The van der Waals surface area contributed by atoms with Crippen molar-refractivity contribution in [1.82, 2.24) is 4.98 Å². The van der Waals surface area contributed by atoms with E-state index in [4.69, 9.17) is 26.3 Å². The Morgan fingerprint density at radius 1 is 1.32 bits per heavy atom. The monoisotopic (exact) mass is 283 g/mol. The molecule has 0 bridgehead atoms. The van der Waals surface area contributed by atoms with Crippen molar-refractivity contribution in [2.45, 2.75) is 6.42 Å². The zero-order valence-corrected chi connectivity index (χ0v) is 12.0. The van der Waals surface area contributed by atoms with Gasteiger partial charge in [0.05, 0.1) is 12.2 Å². The quantitative estimate of drug-likeness (QED) is 0.684. The van der Waals surface area contributed by atoms with Crippen molar-refractivity contribution in [2.24, 2.45) is 0 Å². The number of methoxy groups -OCH3 is 2. The number of pyridine rings is 1. The standard InChI is InChI=1S/C13H18ClN3O2/c1-18-8-3-6-17(7-9-19-2)13-12(14)11(10-15)4-5-16-13/h4-5H,3,6-9H2,1-2H3. The summed E-state index contributed by atoms with van der Waals surface area (Å²) in [4.78, 5) is 6.27. The molecule has 1 aromatic rings. The molecule has 0 atom stereocenters. The normalized spacial score (nSPS) is 10.2. The van der Waals surface area contributed by atoms with Gasteiger partial charge >= 0.3 is 0 Å². The van der Waals surface area contributed by atoms with Crippen LogP contribution in [0.3, 0.4) is 0 Å². The maximum atomic E-state index is 8.99. The first-order valence-electron chi connectivity index (χ1n) is 6.02. The summed E-state index contributed by atoms with van der Waals surface area (Å²) >= 11 is 6.20. The second-order valence-corrected chi connectivity index (χ2v) is 4.31.